The van der Waals surface area contributed by atoms with E-state index in [4.69, 9.17) is 5.73 Å². The minimum absolute atomic E-state index is 0.345. The molecule has 3 rings (SSSR count). The molecule has 0 radical (unpaired) electrons. The Labute approximate surface area is 116 Å². The first kappa shape index (κ1) is 12.0. The molecule has 0 spiro atoms. The second-order valence-electron chi connectivity index (χ2n) is 5.32. The van der Waals surface area contributed by atoms with E-state index in [0.29, 0.717) is 17.9 Å². The molecule has 3 unspecified atom stereocenters. The molecule has 1 aromatic carbocycles. The average Bonchev–Trinajstić information content (AvgIpc) is 2.92. The fourth-order valence-corrected chi connectivity index (χ4v) is 3.84. The van der Waals surface area contributed by atoms with Gasteiger partial charge in [0.1, 0.15) is 6.07 Å². The Balaban J connectivity index is 1.90. The lowest BCUT2D eigenvalue weighted by Gasteiger charge is -2.22. The lowest BCUT2D eigenvalue weighted by molar-refractivity contribution is 0.453. The van der Waals surface area contributed by atoms with Crippen LogP contribution >= 0.6 is 15.9 Å². The highest BCUT2D eigenvalue weighted by molar-refractivity contribution is 9.10. The van der Waals surface area contributed by atoms with E-state index in [2.05, 4.69) is 26.9 Å². The van der Waals surface area contributed by atoms with Gasteiger partial charge in [0, 0.05) is 23.6 Å². The number of hydrogen-bond acceptors (Lipinski definition) is 3. The first-order valence-electron chi connectivity index (χ1n) is 6.40. The van der Waals surface area contributed by atoms with Crippen LogP contribution in [0.15, 0.2) is 22.7 Å². The molecule has 3 atom stereocenters. The summed E-state index contributed by atoms with van der Waals surface area (Å²) in [6.07, 6.45) is 2.39. The molecule has 2 fully saturated rings. The van der Waals surface area contributed by atoms with Crippen molar-refractivity contribution in [1.82, 2.24) is 0 Å². The Kier molecular flexibility index (Phi) is 3.04. The van der Waals surface area contributed by atoms with Gasteiger partial charge in [-0.05, 0) is 52.7 Å². The maximum atomic E-state index is 9.28. The molecule has 1 saturated heterocycles. The first-order chi connectivity index (χ1) is 8.70. The van der Waals surface area contributed by atoms with Crippen LogP contribution in [0.4, 0.5) is 5.69 Å². The second kappa shape index (κ2) is 4.56. The summed E-state index contributed by atoms with van der Waals surface area (Å²) in [5.41, 5.74) is 7.95. The Morgan fingerprint density at radius 1 is 1.33 bits per heavy atom. The minimum atomic E-state index is 0.345. The smallest absolute Gasteiger partial charge is 0.103 e. The first-order valence-corrected chi connectivity index (χ1v) is 7.19. The summed E-state index contributed by atoms with van der Waals surface area (Å²) in [6.45, 7) is 2.04. The zero-order chi connectivity index (χ0) is 12.7. The molecule has 0 aromatic heterocycles. The predicted molar refractivity (Wildman–Crippen MR) is 75.3 cm³/mol. The van der Waals surface area contributed by atoms with Gasteiger partial charge in [0.15, 0.2) is 0 Å². The summed E-state index contributed by atoms with van der Waals surface area (Å²) in [5, 5.41) is 9.28. The third-order valence-corrected chi connectivity index (χ3v) is 5.02. The van der Waals surface area contributed by atoms with Crippen LogP contribution in [0.3, 0.4) is 0 Å². The molecule has 3 nitrogen and oxygen atoms in total. The third-order valence-electron chi connectivity index (χ3n) is 4.36. The second-order valence-corrected chi connectivity index (χ2v) is 6.17. The zero-order valence-electron chi connectivity index (χ0n) is 10.1. The van der Waals surface area contributed by atoms with Crippen molar-refractivity contribution in [2.24, 2.45) is 17.6 Å². The summed E-state index contributed by atoms with van der Waals surface area (Å²) in [5.74, 6) is 1.32. The number of nitriles is 1. The van der Waals surface area contributed by atoms with Crippen molar-refractivity contribution in [2.45, 2.75) is 18.9 Å². The number of nitrogens with zero attached hydrogens (tertiary/aromatic N) is 2. The molecule has 1 saturated carbocycles. The molecular formula is C14H16BrN3. The molecule has 1 heterocycles. The van der Waals surface area contributed by atoms with Crippen LogP contribution in [0, 0.1) is 23.2 Å². The van der Waals surface area contributed by atoms with Gasteiger partial charge >= 0.3 is 0 Å². The molecule has 2 N–H and O–H groups in total. The number of nitrogens with two attached hydrogens (primary N) is 1. The lowest BCUT2D eigenvalue weighted by Crippen LogP contribution is -2.30. The van der Waals surface area contributed by atoms with Gasteiger partial charge in [-0.25, -0.2) is 0 Å². The van der Waals surface area contributed by atoms with Crippen molar-refractivity contribution < 1.29 is 0 Å². The van der Waals surface area contributed by atoms with Crippen LogP contribution in [-0.4, -0.2) is 19.1 Å². The molecule has 1 aliphatic heterocycles. The highest BCUT2D eigenvalue weighted by atomic mass is 79.9. The van der Waals surface area contributed by atoms with E-state index < -0.39 is 0 Å². The maximum absolute atomic E-state index is 9.28. The summed E-state index contributed by atoms with van der Waals surface area (Å²) in [6, 6.07) is 8.60. The highest BCUT2D eigenvalue weighted by Crippen LogP contribution is 2.40. The van der Waals surface area contributed by atoms with Crippen molar-refractivity contribution in [1.29, 1.82) is 5.26 Å². The number of halogens is 1. The molecule has 1 aromatic rings. The van der Waals surface area contributed by atoms with E-state index >= 15 is 0 Å². The van der Waals surface area contributed by atoms with Crippen LogP contribution in [0.5, 0.6) is 0 Å². The molecule has 0 amide bonds. The Hall–Kier alpha value is -1.05. The van der Waals surface area contributed by atoms with Gasteiger partial charge in [-0.3, -0.25) is 0 Å². The van der Waals surface area contributed by atoms with Crippen molar-refractivity contribution in [3.05, 3.63) is 28.2 Å². The summed E-state index contributed by atoms with van der Waals surface area (Å²) in [4.78, 5) is 2.33. The van der Waals surface area contributed by atoms with Gasteiger partial charge in [-0.15, -0.1) is 0 Å². The summed E-state index contributed by atoms with van der Waals surface area (Å²) < 4.78 is 0.879. The van der Waals surface area contributed by atoms with E-state index in [9.17, 15) is 5.26 Å². The van der Waals surface area contributed by atoms with Crippen LogP contribution in [0.1, 0.15) is 18.4 Å². The molecular weight excluding hydrogens is 290 g/mol. The third kappa shape index (κ3) is 1.82. The summed E-state index contributed by atoms with van der Waals surface area (Å²) in [7, 11) is 0. The van der Waals surface area contributed by atoms with E-state index in [0.717, 1.165) is 35.2 Å². The van der Waals surface area contributed by atoms with Gasteiger partial charge in [-0.1, -0.05) is 6.07 Å². The zero-order valence-corrected chi connectivity index (χ0v) is 11.7. The SMILES string of the molecule is N#Cc1c(Br)cccc1N1CC2CCC(N)C2C1. The molecule has 0 bridgehead atoms. The van der Waals surface area contributed by atoms with Gasteiger partial charge < -0.3 is 10.6 Å². The molecule has 18 heavy (non-hydrogen) atoms. The highest BCUT2D eigenvalue weighted by Gasteiger charge is 2.41. The summed E-state index contributed by atoms with van der Waals surface area (Å²) >= 11 is 3.45. The number of fused-ring (bicyclic) bond motifs is 1. The standard InChI is InChI=1S/C14H16BrN3/c15-12-2-1-3-14(10(12)6-16)18-7-9-4-5-13(17)11(9)8-18/h1-3,9,11,13H,4-5,7-8,17H2. The van der Waals surface area contributed by atoms with Gasteiger partial charge in [0.2, 0.25) is 0 Å². The van der Waals surface area contributed by atoms with Gasteiger partial charge in [0.25, 0.3) is 0 Å². The average molecular weight is 306 g/mol. The number of anilines is 1. The maximum Gasteiger partial charge on any atom is 0.103 e. The topological polar surface area (TPSA) is 53.0 Å². The van der Waals surface area contributed by atoms with Crippen LogP contribution in [0.2, 0.25) is 0 Å². The molecule has 4 heteroatoms. The van der Waals surface area contributed by atoms with E-state index in [1.54, 1.807) is 0 Å². The Morgan fingerprint density at radius 2 is 2.17 bits per heavy atom. The normalized spacial score (nSPS) is 30.3. The predicted octanol–water partition coefficient (Wildman–Crippen LogP) is 2.49. The quantitative estimate of drug-likeness (QED) is 0.867. The van der Waals surface area contributed by atoms with Crippen molar-refractivity contribution in [2.75, 3.05) is 18.0 Å². The van der Waals surface area contributed by atoms with Crippen molar-refractivity contribution in [3.8, 4) is 6.07 Å². The van der Waals surface area contributed by atoms with Crippen LogP contribution in [-0.2, 0) is 0 Å². The Morgan fingerprint density at radius 3 is 2.89 bits per heavy atom. The molecule has 1 aliphatic carbocycles. The lowest BCUT2D eigenvalue weighted by atomic mass is 9.98. The van der Waals surface area contributed by atoms with Gasteiger partial charge in [-0.2, -0.15) is 5.26 Å². The fraction of sp³-hybridized carbons (Fsp3) is 0.500. The van der Waals surface area contributed by atoms with Crippen molar-refractivity contribution >= 4 is 21.6 Å². The van der Waals surface area contributed by atoms with E-state index in [1.807, 2.05) is 18.2 Å². The minimum Gasteiger partial charge on any atom is -0.370 e. The van der Waals surface area contributed by atoms with Crippen LogP contribution < -0.4 is 10.6 Å². The molecule has 2 aliphatic rings. The monoisotopic (exact) mass is 305 g/mol. The number of benzene rings is 1. The van der Waals surface area contributed by atoms with Gasteiger partial charge in [0.05, 0.1) is 11.3 Å². The number of rotatable bonds is 1. The Bertz CT molecular complexity index is 508. The molecule has 94 valence electrons. The number of hydrogen-bond donors (Lipinski definition) is 1. The van der Waals surface area contributed by atoms with Crippen molar-refractivity contribution in [3.63, 3.8) is 0 Å². The van der Waals surface area contributed by atoms with Crippen LogP contribution in [0.25, 0.3) is 0 Å². The largest absolute Gasteiger partial charge is 0.370 e. The van der Waals surface area contributed by atoms with E-state index in [1.165, 1.54) is 6.42 Å². The van der Waals surface area contributed by atoms with E-state index in [-0.39, 0.29) is 0 Å². The fourth-order valence-electron chi connectivity index (χ4n) is 3.39.